The zero-order chi connectivity index (χ0) is 13.6. The number of pyridine rings is 1. The van der Waals surface area contributed by atoms with E-state index >= 15 is 0 Å². The van der Waals surface area contributed by atoms with Crippen LogP contribution in [-0.2, 0) is 0 Å². The average molecular weight is 251 g/mol. The van der Waals surface area contributed by atoms with Crippen molar-refractivity contribution in [3.63, 3.8) is 0 Å². The summed E-state index contributed by atoms with van der Waals surface area (Å²) in [5.41, 5.74) is 1.17. The van der Waals surface area contributed by atoms with Crippen molar-refractivity contribution < 1.29 is 9.90 Å². The van der Waals surface area contributed by atoms with Crippen LogP contribution in [-0.4, -0.2) is 28.3 Å². The molecule has 1 unspecified atom stereocenters. The molecule has 0 radical (unpaired) electrons. The van der Waals surface area contributed by atoms with Crippen molar-refractivity contribution in [2.45, 2.75) is 39.2 Å². The largest absolute Gasteiger partial charge is 0.396 e. The van der Waals surface area contributed by atoms with Gasteiger partial charge in [-0.25, -0.2) is 4.79 Å². The third-order valence-corrected chi connectivity index (χ3v) is 3.01. The SMILES string of the molecule is CCC(C)(CCO)NC(=O)Nc1ccnc(C)c1. The highest BCUT2D eigenvalue weighted by Gasteiger charge is 2.23. The van der Waals surface area contributed by atoms with E-state index in [0.717, 1.165) is 12.1 Å². The van der Waals surface area contributed by atoms with Crippen LogP contribution in [0.4, 0.5) is 10.5 Å². The van der Waals surface area contributed by atoms with Crippen molar-refractivity contribution in [1.82, 2.24) is 10.3 Å². The van der Waals surface area contributed by atoms with Crippen molar-refractivity contribution >= 4 is 11.7 Å². The van der Waals surface area contributed by atoms with E-state index in [2.05, 4.69) is 15.6 Å². The Morgan fingerprint density at radius 2 is 2.28 bits per heavy atom. The molecule has 0 saturated carbocycles. The molecule has 100 valence electrons. The molecule has 0 aliphatic carbocycles. The van der Waals surface area contributed by atoms with Gasteiger partial charge in [0.25, 0.3) is 0 Å². The van der Waals surface area contributed by atoms with Crippen molar-refractivity contribution in [2.75, 3.05) is 11.9 Å². The quantitative estimate of drug-likeness (QED) is 0.750. The summed E-state index contributed by atoms with van der Waals surface area (Å²) in [4.78, 5) is 15.9. The zero-order valence-corrected chi connectivity index (χ0v) is 11.2. The maximum absolute atomic E-state index is 11.8. The summed E-state index contributed by atoms with van der Waals surface area (Å²) in [6.07, 6.45) is 2.94. The molecule has 5 nitrogen and oxygen atoms in total. The molecule has 0 saturated heterocycles. The third kappa shape index (κ3) is 4.33. The molecule has 1 rings (SSSR count). The fraction of sp³-hybridized carbons (Fsp3) is 0.538. The van der Waals surface area contributed by atoms with Crippen LogP contribution < -0.4 is 10.6 Å². The molecule has 0 bridgehead atoms. The van der Waals surface area contributed by atoms with Gasteiger partial charge in [-0.2, -0.15) is 0 Å². The summed E-state index contributed by atoms with van der Waals surface area (Å²) < 4.78 is 0. The number of nitrogens with one attached hydrogen (secondary N) is 2. The second-order valence-electron chi connectivity index (χ2n) is 4.65. The second-order valence-corrected chi connectivity index (χ2v) is 4.65. The first-order chi connectivity index (χ1) is 8.49. The molecule has 5 heteroatoms. The lowest BCUT2D eigenvalue weighted by atomic mass is 9.95. The Hall–Kier alpha value is -1.62. The fourth-order valence-corrected chi connectivity index (χ4v) is 1.63. The van der Waals surface area contributed by atoms with Crippen LogP contribution in [0, 0.1) is 6.92 Å². The van der Waals surface area contributed by atoms with Gasteiger partial charge in [0.05, 0.1) is 0 Å². The highest BCUT2D eigenvalue weighted by atomic mass is 16.3. The van der Waals surface area contributed by atoms with E-state index in [-0.39, 0.29) is 18.2 Å². The Bertz CT molecular complexity index is 409. The highest BCUT2D eigenvalue weighted by molar-refractivity contribution is 5.89. The molecule has 0 aliphatic rings. The maximum atomic E-state index is 11.8. The summed E-state index contributed by atoms with van der Waals surface area (Å²) >= 11 is 0. The summed E-state index contributed by atoms with van der Waals surface area (Å²) in [6, 6.07) is 3.27. The van der Waals surface area contributed by atoms with Crippen molar-refractivity contribution in [1.29, 1.82) is 0 Å². The first-order valence-electron chi connectivity index (χ1n) is 6.12. The molecule has 0 spiro atoms. The number of hydrogen-bond donors (Lipinski definition) is 3. The number of aliphatic hydroxyl groups excluding tert-OH is 1. The van der Waals surface area contributed by atoms with Crippen LogP contribution in [0.1, 0.15) is 32.4 Å². The van der Waals surface area contributed by atoms with Crippen LogP contribution in [0.3, 0.4) is 0 Å². The minimum atomic E-state index is -0.388. The predicted molar refractivity (Wildman–Crippen MR) is 71.5 cm³/mol. The lowest BCUT2D eigenvalue weighted by Crippen LogP contribution is -2.48. The van der Waals surface area contributed by atoms with Crippen LogP contribution in [0.15, 0.2) is 18.3 Å². The summed E-state index contributed by atoms with van der Waals surface area (Å²) in [6.45, 7) is 5.82. The van der Waals surface area contributed by atoms with Crippen LogP contribution in [0.2, 0.25) is 0 Å². The van der Waals surface area contributed by atoms with Gasteiger partial charge in [-0.15, -0.1) is 0 Å². The number of carbonyl (C=O) groups is 1. The summed E-state index contributed by atoms with van der Waals surface area (Å²) in [5, 5.41) is 14.6. The lowest BCUT2D eigenvalue weighted by molar-refractivity contribution is 0.208. The molecule has 18 heavy (non-hydrogen) atoms. The molecule has 0 fully saturated rings. The molecule has 0 aliphatic heterocycles. The van der Waals surface area contributed by atoms with Gasteiger partial charge in [0.1, 0.15) is 0 Å². The number of aryl methyl sites for hydroxylation is 1. The monoisotopic (exact) mass is 251 g/mol. The predicted octanol–water partition coefficient (Wildman–Crippen LogP) is 2.06. The van der Waals surface area contributed by atoms with E-state index in [1.807, 2.05) is 20.8 Å². The smallest absolute Gasteiger partial charge is 0.319 e. The Balaban J connectivity index is 2.61. The molecule has 3 N–H and O–H groups in total. The topological polar surface area (TPSA) is 74.2 Å². The first kappa shape index (κ1) is 14.4. The number of urea groups is 1. The number of nitrogens with zero attached hydrogens (tertiary/aromatic N) is 1. The Morgan fingerprint density at radius 1 is 1.56 bits per heavy atom. The molecular formula is C13H21N3O2. The van der Waals surface area contributed by atoms with Crippen LogP contribution in [0.5, 0.6) is 0 Å². The minimum Gasteiger partial charge on any atom is -0.396 e. The van der Waals surface area contributed by atoms with Gasteiger partial charge in [-0.1, -0.05) is 6.92 Å². The van der Waals surface area contributed by atoms with Gasteiger partial charge < -0.3 is 15.7 Å². The third-order valence-electron chi connectivity index (χ3n) is 3.01. The second kappa shape index (κ2) is 6.35. The molecular weight excluding hydrogens is 230 g/mol. The van der Waals surface area contributed by atoms with Crippen LogP contribution >= 0.6 is 0 Å². The highest BCUT2D eigenvalue weighted by Crippen LogP contribution is 2.14. The van der Waals surface area contributed by atoms with Gasteiger partial charge in [-0.05, 0) is 38.8 Å². The Kier molecular flexibility index (Phi) is 5.09. The Morgan fingerprint density at radius 3 is 2.83 bits per heavy atom. The molecule has 0 aromatic carbocycles. The first-order valence-corrected chi connectivity index (χ1v) is 6.12. The average Bonchev–Trinajstić information content (AvgIpc) is 2.29. The van der Waals surface area contributed by atoms with E-state index < -0.39 is 0 Å². The summed E-state index contributed by atoms with van der Waals surface area (Å²) in [7, 11) is 0. The molecule has 1 aromatic rings. The van der Waals surface area contributed by atoms with E-state index in [9.17, 15) is 4.79 Å². The van der Waals surface area contributed by atoms with E-state index in [4.69, 9.17) is 5.11 Å². The number of aromatic nitrogens is 1. The number of amides is 2. The van der Waals surface area contributed by atoms with Gasteiger partial charge in [0, 0.05) is 29.7 Å². The number of carbonyl (C=O) groups excluding carboxylic acids is 1. The van der Waals surface area contributed by atoms with E-state index in [1.165, 1.54) is 0 Å². The molecule has 1 aromatic heterocycles. The normalized spacial score (nSPS) is 13.8. The molecule has 1 atom stereocenters. The number of hydrogen-bond acceptors (Lipinski definition) is 3. The maximum Gasteiger partial charge on any atom is 0.319 e. The standard InChI is InChI=1S/C13H21N3O2/c1-4-13(3,6-8-17)16-12(18)15-11-5-7-14-10(2)9-11/h5,7,9,17H,4,6,8H2,1-3H3,(H2,14,15,16,18). The fourth-order valence-electron chi connectivity index (χ4n) is 1.63. The number of anilines is 1. The van der Waals surface area contributed by atoms with Crippen LogP contribution in [0.25, 0.3) is 0 Å². The van der Waals surface area contributed by atoms with Crippen molar-refractivity contribution in [2.24, 2.45) is 0 Å². The van der Waals surface area contributed by atoms with E-state index in [1.54, 1.807) is 18.3 Å². The van der Waals surface area contributed by atoms with E-state index in [0.29, 0.717) is 12.1 Å². The molecule has 2 amide bonds. The summed E-state index contributed by atoms with van der Waals surface area (Å²) in [5.74, 6) is 0. The molecule has 1 heterocycles. The van der Waals surface area contributed by atoms with Gasteiger partial charge in [0.15, 0.2) is 0 Å². The van der Waals surface area contributed by atoms with Gasteiger partial charge in [0.2, 0.25) is 0 Å². The van der Waals surface area contributed by atoms with Gasteiger partial charge in [-0.3, -0.25) is 4.98 Å². The lowest BCUT2D eigenvalue weighted by Gasteiger charge is -2.29. The zero-order valence-electron chi connectivity index (χ0n) is 11.2. The van der Waals surface area contributed by atoms with Crippen molar-refractivity contribution in [3.05, 3.63) is 24.0 Å². The number of aliphatic hydroxyl groups is 1. The van der Waals surface area contributed by atoms with Gasteiger partial charge >= 0.3 is 6.03 Å². The minimum absolute atomic E-state index is 0.0545. The number of rotatable bonds is 5. The van der Waals surface area contributed by atoms with Crippen molar-refractivity contribution in [3.8, 4) is 0 Å². The Labute approximate surface area is 108 Å².